The average molecular weight is 345 g/mol. The molecule has 1 atom stereocenters. The lowest BCUT2D eigenvalue weighted by Gasteiger charge is -2.36. The molecule has 2 fully saturated rings. The van der Waals surface area contributed by atoms with Crippen LogP contribution in [0.5, 0.6) is 0 Å². The van der Waals surface area contributed by atoms with E-state index in [1.54, 1.807) is 6.20 Å². The number of carbonyl (C=O) groups is 2. The molecule has 136 valence electrons. The Morgan fingerprint density at radius 1 is 1.24 bits per heavy atom. The number of anilines is 1. The van der Waals surface area contributed by atoms with Crippen LogP contribution < -0.4 is 10.2 Å². The third-order valence-corrected chi connectivity index (χ3v) is 4.91. The van der Waals surface area contributed by atoms with E-state index in [-0.39, 0.29) is 17.9 Å². The Morgan fingerprint density at radius 2 is 2.00 bits per heavy atom. The number of nitrogens with one attached hydrogen (secondary N) is 1. The Hall–Kier alpha value is -2.18. The summed E-state index contributed by atoms with van der Waals surface area (Å²) in [5.74, 6) is 1.14. The van der Waals surface area contributed by atoms with Crippen molar-refractivity contribution in [1.29, 1.82) is 0 Å². The Balaban J connectivity index is 1.59. The SMILES string of the molecule is CC(C)c1ccnc(N2CCN(C(=O)C3CCCCC(=O)N3)CC2)n1. The number of carbonyl (C=O) groups excluding carboxylic acids is 2. The number of nitrogens with zero attached hydrogens (tertiary/aromatic N) is 4. The highest BCUT2D eigenvalue weighted by Gasteiger charge is 2.30. The van der Waals surface area contributed by atoms with Crippen LogP contribution in [0.4, 0.5) is 5.95 Å². The summed E-state index contributed by atoms with van der Waals surface area (Å²) in [5.41, 5.74) is 1.03. The molecule has 7 nitrogen and oxygen atoms in total. The van der Waals surface area contributed by atoms with Crippen molar-refractivity contribution in [2.75, 3.05) is 31.1 Å². The van der Waals surface area contributed by atoms with Gasteiger partial charge in [0.15, 0.2) is 0 Å². The minimum absolute atomic E-state index is 0.00612. The zero-order chi connectivity index (χ0) is 17.8. The van der Waals surface area contributed by atoms with Gasteiger partial charge < -0.3 is 15.1 Å². The van der Waals surface area contributed by atoms with Crippen molar-refractivity contribution in [2.45, 2.75) is 51.5 Å². The molecule has 0 bridgehead atoms. The van der Waals surface area contributed by atoms with Crippen molar-refractivity contribution in [3.05, 3.63) is 18.0 Å². The van der Waals surface area contributed by atoms with Crippen molar-refractivity contribution >= 4 is 17.8 Å². The highest BCUT2D eigenvalue weighted by Crippen LogP contribution is 2.17. The summed E-state index contributed by atoms with van der Waals surface area (Å²) < 4.78 is 0. The van der Waals surface area contributed by atoms with Crippen LogP contribution in [0.1, 0.15) is 51.1 Å². The number of rotatable bonds is 3. The van der Waals surface area contributed by atoms with E-state index >= 15 is 0 Å². The summed E-state index contributed by atoms with van der Waals surface area (Å²) in [5, 5.41) is 2.87. The van der Waals surface area contributed by atoms with E-state index in [0.29, 0.717) is 38.5 Å². The first-order chi connectivity index (χ1) is 12.0. The van der Waals surface area contributed by atoms with Gasteiger partial charge in [-0.05, 0) is 24.8 Å². The van der Waals surface area contributed by atoms with Crippen molar-refractivity contribution in [2.24, 2.45) is 0 Å². The van der Waals surface area contributed by atoms with Gasteiger partial charge in [0.1, 0.15) is 6.04 Å². The van der Waals surface area contributed by atoms with Gasteiger partial charge in [0.25, 0.3) is 0 Å². The van der Waals surface area contributed by atoms with Gasteiger partial charge in [0.2, 0.25) is 17.8 Å². The molecular weight excluding hydrogens is 318 g/mol. The van der Waals surface area contributed by atoms with Crippen LogP contribution in [-0.2, 0) is 9.59 Å². The zero-order valence-electron chi connectivity index (χ0n) is 15.1. The van der Waals surface area contributed by atoms with Gasteiger partial charge in [-0.2, -0.15) is 0 Å². The van der Waals surface area contributed by atoms with E-state index < -0.39 is 0 Å². The Kier molecular flexibility index (Phi) is 5.50. The van der Waals surface area contributed by atoms with Gasteiger partial charge in [-0.15, -0.1) is 0 Å². The van der Waals surface area contributed by atoms with E-state index in [1.807, 2.05) is 11.0 Å². The van der Waals surface area contributed by atoms with Gasteiger partial charge in [-0.25, -0.2) is 9.97 Å². The molecule has 1 aromatic heterocycles. The van der Waals surface area contributed by atoms with Crippen LogP contribution in [0.2, 0.25) is 0 Å². The maximum atomic E-state index is 12.7. The molecule has 3 heterocycles. The van der Waals surface area contributed by atoms with Crippen LogP contribution in [-0.4, -0.2) is 58.9 Å². The molecule has 2 saturated heterocycles. The fraction of sp³-hybridized carbons (Fsp3) is 0.667. The molecule has 0 saturated carbocycles. The number of hydrogen-bond acceptors (Lipinski definition) is 5. The molecule has 0 spiro atoms. The highest BCUT2D eigenvalue weighted by atomic mass is 16.2. The second-order valence-electron chi connectivity index (χ2n) is 7.11. The standard InChI is InChI=1S/C18H27N5O2/c1-13(2)14-7-8-19-18(21-14)23-11-9-22(10-12-23)17(25)15-5-3-4-6-16(24)20-15/h7-8,13,15H,3-6,9-12H2,1-2H3,(H,20,24). The van der Waals surface area contributed by atoms with E-state index in [0.717, 1.165) is 30.9 Å². The maximum absolute atomic E-state index is 12.7. The molecule has 2 amide bonds. The number of hydrogen-bond donors (Lipinski definition) is 1. The van der Waals surface area contributed by atoms with Crippen molar-refractivity contribution in [1.82, 2.24) is 20.2 Å². The molecule has 0 radical (unpaired) electrons. The highest BCUT2D eigenvalue weighted by molar-refractivity contribution is 5.88. The monoisotopic (exact) mass is 345 g/mol. The van der Waals surface area contributed by atoms with Gasteiger partial charge in [0.05, 0.1) is 0 Å². The summed E-state index contributed by atoms with van der Waals surface area (Å²) in [7, 11) is 0. The van der Waals surface area contributed by atoms with Crippen LogP contribution in [0.3, 0.4) is 0 Å². The molecular formula is C18H27N5O2. The van der Waals surface area contributed by atoms with Crippen LogP contribution >= 0.6 is 0 Å². The van der Waals surface area contributed by atoms with Gasteiger partial charge in [-0.1, -0.05) is 20.3 Å². The van der Waals surface area contributed by atoms with E-state index in [9.17, 15) is 9.59 Å². The first-order valence-electron chi connectivity index (χ1n) is 9.20. The van der Waals surface area contributed by atoms with Crippen molar-refractivity contribution in [3.63, 3.8) is 0 Å². The second kappa shape index (κ2) is 7.80. The second-order valence-corrected chi connectivity index (χ2v) is 7.11. The van der Waals surface area contributed by atoms with Crippen molar-refractivity contribution < 1.29 is 9.59 Å². The van der Waals surface area contributed by atoms with Crippen LogP contribution in [0.25, 0.3) is 0 Å². The summed E-state index contributed by atoms with van der Waals surface area (Å²) in [6.45, 7) is 6.94. The smallest absolute Gasteiger partial charge is 0.245 e. The minimum Gasteiger partial charge on any atom is -0.344 e. The van der Waals surface area contributed by atoms with Gasteiger partial charge >= 0.3 is 0 Å². The summed E-state index contributed by atoms with van der Waals surface area (Å²) >= 11 is 0. The fourth-order valence-electron chi connectivity index (χ4n) is 3.34. The largest absolute Gasteiger partial charge is 0.344 e. The molecule has 25 heavy (non-hydrogen) atoms. The molecule has 1 N–H and O–H groups in total. The maximum Gasteiger partial charge on any atom is 0.245 e. The molecule has 1 unspecified atom stereocenters. The van der Waals surface area contributed by atoms with Crippen molar-refractivity contribution in [3.8, 4) is 0 Å². The number of aromatic nitrogens is 2. The lowest BCUT2D eigenvalue weighted by Crippen LogP contribution is -2.55. The zero-order valence-corrected chi connectivity index (χ0v) is 15.1. The Morgan fingerprint density at radius 3 is 2.72 bits per heavy atom. The third-order valence-electron chi connectivity index (χ3n) is 4.91. The molecule has 0 aromatic carbocycles. The lowest BCUT2D eigenvalue weighted by atomic mass is 10.1. The quantitative estimate of drug-likeness (QED) is 0.893. The first-order valence-corrected chi connectivity index (χ1v) is 9.20. The molecule has 0 aliphatic carbocycles. The summed E-state index contributed by atoms with van der Waals surface area (Å²) in [6, 6.07) is 1.59. The fourth-order valence-corrected chi connectivity index (χ4v) is 3.34. The number of amides is 2. The average Bonchev–Trinajstić information content (AvgIpc) is 2.86. The molecule has 2 aliphatic heterocycles. The normalized spacial score (nSPS) is 21.9. The van der Waals surface area contributed by atoms with Crippen LogP contribution in [0.15, 0.2) is 12.3 Å². The summed E-state index contributed by atoms with van der Waals surface area (Å²) in [4.78, 5) is 37.4. The lowest BCUT2D eigenvalue weighted by molar-refractivity contribution is -0.136. The molecule has 2 aliphatic rings. The van der Waals surface area contributed by atoms with E-state index in [4.69, 9.17) is 0 Å². The number of piperazine rings is 1. The minimum atomic E-state index is -0.359. The first kappa shape index (κ1) is 17.6. The van der Waals surface area contributed by atoms with Gasteiger partial charge in [0, 0.05) is 44.5 Å². The molecule has 7 heteroatoms. The Labute approximate surface area is 148 Å². The third kappa shape index (κ3) is 4.27. The van der Waals surface area contributed by atoms with E-state index in [1.165, 1.54) is 0 Å². The predicted molar refractivity (Wildman–Crippen MR) is 95.3 cm³/mol. The van der Waals surface area contributed by atoms with Gasteiger partial charge in [-0.3, -0.25) is 9.59 Å². The van der Waals surface area contributed by atoms with Crippen LogP contribution in [0, 0.1) is 0 Å². The topological polar surface area (TPSA) is 78.4 Å². The van der Waals surface area contributed by atoms with E-state index in [2.05, 4.69) is 34.0 Å². The Bertz CT molecular complexity index is 626. The predicted octanol–water partition coefficient (Wildman–Crippen LogP) is 1.31. The molecule has 1 aromatic rings. The summed E-state index contributed by atoms with van der Waals surface area (Å²) in [6.07, 6.45) is 4.86. The molecule has 3 rings (SSSR count).